The van der Waals surface area contributed by atoms with E-state index in [-0.39, 0.29) is 11.9 Å². The Labute approximate surface area is 147 Å². The fourth-order valence-corrected chi connectivity index (χ4v) is 2.55. The highest BCUT2D eigenvalue weighted by molar-refractivity contribution is 5.95. The van der Waals surface area contributed by atoms with Gasteiger partial charge in [-0.2, -0.15) is 10.1 Å². The van der Waals surface area contributed by atoms with Crippen LogP contribution in [0.4, 0.5) is 0 Å². The standard InChI is InChI=1S/C16H25N5O4/c1-16(2)20-14(17)19-15(18)21(16)25-7-6-10-8-11(22-3)13(24-5)12(9-10)23-4/h8-9H,6-7H2,1-5H3,(H4,17,18,19,20). The monoisotopic (exact) mass is 351 g/mol. The first-order valence-corrected chi connectivity index (χ1v) is 7.74. The van der Waals surface area contributed by atoms with E-state index < -0.39 is 5.66 Å². The van der Waals surface area contributed by atoms with Crippen molar-refractivity contribution in [2.24, 2.45) is 21.5 Å². The molecule has 9 heteroatoms. The lowest BCUT2D eigenvalue weighted by Gasteiger charge is -2.36. The van der Waals surface area contributed by atoms with E-state index in [1.54, 1.807) is 21.3 Å². The quantitative estimate of drug-likeness (QED) is 0.748. The van der Waals surface area contributed by atoms with Crippen molar-refractivity contribution < 1.29 is 19.0 Å². The molecule has 0 spiro atoms. The van der Waals surface area contributed by atoms with E-state index in [4.69, 9.17) is 30.5 Å². The van der Waals surface area contributed by atoms with Gasteiger partial charge in [0.1, 0.15) is 0 Å². The summed E-state index contributed by atoms with van der Waals surface area (Å²) in [5.74, 6) is 2.03. The van der Waals surface area contributed by atoms with Gasteiger partial charge in [0.25, 0.3) is 0 Å². The lowest BCUT2D eigenvalue weighted by Crippen LogP contribution is -2.53. The molecule has 0 atom stereocenters. The second-order valence-electron chi connectivity index (χ2n) is 5.85. The Balaban J connectivity index is 2.08. The first-order valence-electron chi connectivity index (χ1n) is 7.74. The third-order valence-corrected chi connectivity index (χ3v) is 3.66. The van der Waals surface area contributed by atoms with E-state index >= 15 is 0 Å². The molecule has 1 aromatic carbocycles. The van der Waals surface area contributed by atoms with Crippen LogP contribution >= 0.6 is 0 Å². The van der Waals surface area contributed by atoms with Crippen LogP contribution in [0.25, 0.3) is 0 Å². The fourth-order valence-electron chi connectivity index (χ4n) is 2.55. The molecule has 0 bridgehead atoms. The summed E-state index contributed by atoms with van der Waals surface area (Å²) in [7, 11) is 4.72. The van der Waals surface area contributed by atoms with Gasteiger partial charge in [0.2, 0.25) is 17.7 Å². The van der Waals surface area contributed by atoms with Gasteiger partial charge >= 0.3 is 0 Å². The molecule has 1 aliphatic rings. The maximum absolute atomic E-state index is 5.89. The molecule has 0 saturated carbocycles. The van der Waals surface area contributed by atoms with Crippen molar-refractivity contribution in [3.8, 4) is 17.2 Å². The van der Waals surface area contributed by atoms with Crippen molar-refractivity contribution in [3.63, 3.8) is 0 Å². The van der Waals surface area contributed by atoms with Crippen molar-refractivity contribution in [2.45, 2.75) is 25.9 Å². The maximum atomic E-state index is 5.89. The largest absolute Gasteiger partial charge is 0.493 e. The molecule has 4 N–H and O–H groups in total. The Morgan fingerprint density at radius 3 is 2.12 bits per heavy atom. The molecule has 9 nitrogen and oxygen atoms in total. The highest BCUT2D eigenvalue weighted by Gasteiger charge is 2.33. The summed E-state index contributed by atoms with van der Waals surface area (Å²) in [6.45, 7) is 4.02. The molecule has 0 amide bonds. The SMILES string of the molecule is COc1cc(CCON2C(N)=NC(N)=NC2(C)C)cc(OC)c1OC. The number of hydroxylamine groups is 2. The average Bonchev–Trinajstić information content (AvgIpc) is 2.55. The molecule has 0 radical (unpaired) electrons. The summed E-state index contributed by atoms with van der Waals surface area (Å²) < 4.78 is 16.0. The number of hydrogen-bond acceptors (Lipinski definition) is 9. The minimum absolute atomic E-state index is 0.131. The molecule has 0 fully saturated rings. The molecule has 1 heterocycles. The second-order valence-corrected chi connectivity index (χ2v) is 5.85. The third-order valence-electron chi connectivity index (χ3n) is 3.66. The van der Waals surface area contributed by atoms with Crippen LogP contribution in [0.2, 0.25) is 0 Å². The molecular formula is C16H25N5O4. The molecule has 0 saturated heterocycles. The molecule has 2 rings (SSSR count). The van der Waals surface area contributed by atoms with Crippen LogP contribution in [0.1, 0.15) is 19.4 Å². The van der Waals surface area contributed by atoms with Crippen LogP contribution in [0.15, 0.2) is 22.1 Å². The third kappa shape index (κ3) is 4.05. The van der Waals surface area contributed by atoms with Crippen molar-refractivity contribution in [2.75, 3.05) is 27.9 Å². The summed E-state index contributed by atoms with van der Waals surface area (Å²) in [4.78, 5) is 13.9. The lowest BCUT2D eigenvalue weighted by molar-refractivity contribution is -0.156. The smallest absolute Gasteiger partial charge is 0.226 e. The predicted octanol–water partition coefficient (Wildman–Crippen LogP) is 0.868. The van der Waals surface area contributed by atoms with E-state index in [0.717, 1.165) is 5.56 Å². The highest BCUT2D eigenvalue weighted by Crippen LogP contribution is 2.38. The highest BCUT2D eigenvalue weighted by atomic mass is 16.7. The molecule has 0 aromatic heterocycles. The topological polar surface area (TPSA) is 117 Å². The molecule has 25 heavy (non-hydrogen) atoms. The number of nitrogens with two attached hydrogens (primary N) is 2. The van der Waals surface area contributed by atoms with Crippen molar-refractivity contribution >= 4 is 11.9 Å². The Hall–Kier alpha value is -2.68. The van der Waals surface area contributed by atoms with E-state index in [0.29, 0.717) is 30.3 Å². The van der Waals surface area contributed by atoms with E-state index in [1.165, 1.54) is 5.06 Å². The van der Waals surface area contributed by atoms with Crippen LogP contribution in [0.5, 0.6) is 17.2 Å². The summed E-state index contributed by atoms with van der Waals surface area (Å²) in [6, 6.07) is 3.75. The number of rotatable bonds is 7. The molecule has 1 aromatic rings. The van der Waals surface area contributed by atoms with Gasteiger partial charge in [-0.05, 0) is 38.0 Å². The van der Waals surface area contributed by atoms with Crippen molar-refractivity contribution in [1.82, 2.24) is 5.06 Å². The molecule has 0 aliphatic carbocycles. The van der Waals surface area contributed by atoms with Crippen LogP contribution in [0.3, 0.4) is 0 Å². The van der Waals surface area contributed by atoms with Gasteiger partial charge in [0, 0.05) is 0 Å². The van der Waals surface area contributed by atoms with Crippen LogP contribution in [0, 0.1) is 0 Å². The zero-order chi connectivity index (χ0) is 18.6. The number of methoxy groups -OCH3 is 3. The molecule has 0 unspecified atom stereocenters. The van der Waals surface area contributed by atoms with E-state index in [1.807, 2.05) is 26.0 Å². The lowest BCUT2D eigenvalue weighted by atomic mass is 10.1. The minimum Gasteiger partial charge on any atom is -0.493 e. The van der Waals surface area contributed by atoms with Crippen LogP contribution in [-0.2, 0) is 11.3 Å². The molecular weight excluding hydrogens is 326 g/mol. The number of hydrogen-bond donors (Lipinski definition) is 2. The van der Waals surface area contributed by atoms with Gasteiger partial charge in [0.15, 0.2) is 17.2 Å². The first-order chi connectivity index (χ1) is 11.8. The fraction of sp³-hybridized carbons (Fsp3) is 0.500. The van der Waals surface area contributed by atoms with Gasteiger partial charge in [-0.25, -0.2) is 4.99 Å². The average molecular weight is 351 g/mol. The Bertz CT molecular complexity index is 662. The first kappa shape index (κ1) is 18.7. The second kappa shape index (κ2) is 7.47. The van der Waals surface area contributed by atoms with Crippen molar-refractivity contribution in [3.05, 3.63) is 17.7 Å². The van der Waals surface area contributed by atoms with E-state index in [2.05, 4.69) is 9.98 Å². The number of ether oxygens (including phenoxy) is 3. The summed E-state index contributed by atoms with van der Waals surface area (Å²) in [5.41, 5.74) is 11.8. The Morgan fingerprint density at radius 2 is 1.64 bits per heavy atom. The number of aliphatic imine (C=N–C) groups is 2. The normalized spacial score (nSPS) is 16.1. The van der Waals surface area contributed by atoms with Gasteiger partial charge in [-0.15, -0.1) is 0 Å². The Morgan fingerprint density at radius 1 is 1.04 bits per heavy atom. The van der Waals surface area contributed by atoms with Gasteiger partial charge in [0.05, 0.1) is 27.9 Å². The van der Waals surface area contributed by atoms with Gasteiger partial charge in [-0.1, -0.05) is 0 Å². The summed E-state index contributed by atoms with van der Waals surface area (Å²) in [6.07, 6.45) is 0.593. The van der Waals surface area contributed by atoms with Crippen LogP contribution in [-0.4, -0.2) is 50.6 Å². The number of guanidine groups is 2. The number of nitrogens with zero attached hydrogens (tertiary/aromatic N) is 3. The molecule has 1 aliphatic heterocycles. The zero-order valence-corrected chi connectivity index (χ0v) is 15.2. The van der Waals surface area contributed by atoms with E-state index in [9.17, 15) is 0 Å². The number of benzene rings is 1. The summed E-state index contributed by atoms with van der Waals surface area (Å²) in [5, 5.41) is 1.45. The Kier molecular flexibility index (Phi) is 5.58. The zero-order valence-electron chi connectivity index (χ0n) is 15.2. The van der Waals surface area contributed by atoms with Gasteiger partial charge < -0.3 is 25.7 Å². The molecule has 138 valence electrons. The van der Waals surface area contributed by atoms with Crippen LogP contribution < -0.4 is 25.7 Å². The van der Waals surface area contributed by atoms with Gasteiger partial charge in [-0.3, -0.25) is 4.84 Å². The van der Waals surface area contributed by atoms with Crippen molar-refractivity contribution in [1.29, 1.82) is 0 Å². The minimum atomic E-state index is -0.731. The predicted molar refractivity (Wildman–Crippen MR) is 94.9 cm³/mol. The maximum Gasteiger partial charge on any atom is 0.226 e. The summed E-state index contributed by atoms with van der Waals surface area (Å²) >= 11 is 0.